The maximum absolute atomic E-state index is 13.8. The van der Waals surface area contributed by atoms with E-state index in [2.05, 4.69) is 10.3 Å². The molecule has 1 aromatic heterocycles. The van der Waals surface area contributed by atoms with E-state index in [1.807, 2.05) is 0 Å². The van der Waals surface area contributed by atoms with Gasteiger partial charge in [0.05, 0.1) is 35.8 Å². The number of hydrogen-bond acceptors (Lipinski definition) is 5. The second-order valence-electron chi connectivity index (χ2n) is 6.05. The Morgan fingerprint density at radius 3 is 1.94 bits per heavy atom. The van der Waals surface area contributed by atoms with Crippen LogP contribution in [0.4, 0.5) is 13.2 Å². The number of sulfonamides is 1. The van der Waals surface area contributed by atoms with Gasteiger partial charge in [0, 0.05) is 0 Å². The monoisotopic (exact) mass is 600 g/mol. The SMILES string of the molecule is O=C(NS(=O)(=O)c1cc(Cl)c(Cl)cc1Cl)c1nnn(-c2cc(Cl)c(Cl)cc2Cl)c1C(F)(F)F. The highest BCUT2D eigenvalue weighted by Crippen LogP contribution is 2.37. The molecule has 17 heteroatoms. The topological polar surface area (TPSA) is 93.9 Å². The minimum atomic E-state index is -5.23. The van der Waals surface area contributed by atoms with Crippen molar-refractivity contribution < 1.29 is 26.4 Å². The molecule has 176 valence electrons. The molecule has 0 atom stereocenters. The van der Waals surface area contributed by atoms with Crippen molar-refractivity contribution >= 4 is 85.5 Å². The number of carbonyl (C=O) groups is 1. The van der Waals surface area contributed by atoms with Crippen LogP contribution in [-0.4, -0.2) is 29.3 Å². The maximum Gasteiger partial charge on any atom is 0.435 e. The Balaban J connectivity index is 2.10. The number of aromatic nitrogens is 3. The summed E-state index contributed by atoms with van der Waals surface area (Å²) in [5, 5.41) is 5.20. The first kappa shape index (κ1) is 26.1. The minimum Gasteiger partial charge on any atom is -0.266 e. The number of halogens is 9. The smallest absolute Gasteiger partial charge is 0.266 e. The molecule has 2 aromatic carbocycles. The third-order valence-corrected chi connectivity index (χ3v) is 7.41. The molecular weight excluding hydrogens is 598 g/mol. The third-order valence-electron chi connectivity index (χ3n) is 3.86. The van der Waals surface area contributed by atoms with Crippen LogP contribution in [0.15, 0.2) is 29.2 Å². The lowest BCUT2D eigenvalue weighted by Crippen LogP contribution is -2.33. The van der Waals surface area contributed by atoms with Crippen LogP contribution < -0.4 is 4.72 Å². The summed E-state index contributed by atoms with van der Waals surface area (Å²) in [6.07, 6.45) is -5.23. The van der Waals surface area contributed by atoms with Crippen LogP contribution in [-0.2, 0) is 16.2 Å². The predicted octanol–water partition coefficient (Wildman–Crippen LogP) is 6.33. The van der Waals surface area contributed by atoms with E-state index in [4.69, 9.17) is 69.6 Å². The van der Waals surface area contributed by atoms with Crippen molar-refractivity contribution in [2.75, 3.05) is 0 Å². The Labute approximate surface area is 213 Å². The first-order chi connectivity index (χ1) is 15.1. The molecule has 0 fully saturated rings. The molecule has 1 N–H and O–H groups in total. The Morgan fingerprint density at radius 2 is 1.36 bits per heavy atom. The summed E-state index contributed by atoms with van der Waals surface area (Å²) < 4.78 is 68.2. The Kier molecular flexibility index (Phi) is 7.36. The number of benzene rings is 2. The Morgan fingerprint density at radius 1 is 0.848 bits per heavy atom. The van der Waals surface area contributed by atoms with Gasteiger partial charge in [-0.2, -0.15) is 13.2 Å². The number of amides is 1. The fourth-order valence-corrected chi connectivity index (χ4v) is 5.04. The number of nitrogens with one attached hydrogen (secondary N) is 1. The van der Waals surface area contributed by atoms with Gasteiger partial charge in [-0.05, 0) is 24.3 Å². The van der Waals surface area contributed by atoms with Crippen LogP contribution in [0.1, 0.15) is 16.2 Å². The molecule has 7 nitrogen and oxygen atoms in total. The highest BCUT2D eigenvalue weighted by molar-refractivity contribution is 7.90. The molecule has 0 saturated heterocycles. The van der Waals surface area contributed by atoms with Gasteiger partial charge in [-0.15, -0.1) is 5.10 Å². The number of hydrogen-bond donors (Lipinski definition) is 1. The Hall–Kier alpha value is -1.47. The molecular formula is C16H5Cl6F3N4O3S. The zero-order chi connectivity index (χ0) is 24.9. The van der Waals surface area contributed by atoms with E-state index in [-0.39, 0.29) is 29.8 Å². The van der Waals surface area contributed by atoms with Crippen LogP contribution in [0, 0.1) is 0 Å². The van der Waals surface area contributed by atoms with Crippen molar-refractivity contribution in [2.45, 2.75) is 11.1 Å². The van der Waals surface area contributed by atoms with Gasteiger partial charge in [-0.25, -0.2) is 17.8 Å². The van der Waals surface area contributed by atoms with E-state index in [0.717, 1.165) is 24.3 Å². The molecule has 0 bridgehead atoms. The number of nitrogens with zero attached hydrogens (tertiary/aromatic N) is 3. The molecule has 1 amide bonds. The van der Waals surface area contributed by atoms with E-state index >= 15 is 0 Å². The average molecular weight is 603 g/mol. The van der Waals surface area contributed by atoms with E-state index in [0.29, 0.717) is 0 Å². The summed E-state index contributed by atoms with van der Waals surface area (Å²) in [6.45, 7) is 0. The summed E-state index contributed by atoms with van der Waals surface area (Å²) in [7, 11) is -4.80. The van der Waals surface area contributed by atoms with Crippen LogP contribution >= 0.6 is 69.6 Å². The van der Waals surface area contributed by atoms with Crippen molar-refractivity contribution in [3.63, 3.8) is 0 Å². The van der Waals surface area contributed by atoms with Crippen LogP contribution in [0.3, 0.4) is 0 Å². The van der Waals surface area contributed by atoms with Crippen molar-refractivity contribution in [1.29, 1.82) is 0 Å². The standard InChI is InChI=1S/C16H5Cl6F3N4O3S/c17-5-1-9(21)11(3-7(5)19)29-14(16(23,24)25)13(26-28-29)15(30)27-33(31,32)12-4-8(20)6(18)2-10(12)22/h1-4H,(H,27,30). The van der Waals surface area contributed by atoms with E-state index < -0.39 is 49.1 Å². The molecule has 0 aliphatic rings. The molecule has 33 heavy (non-hydrogen) atoms. The van der Waals surface area contributed by atoms with Gasteiger partial charge in [-0.1, -0.05) is 74.8 Å². The van der Waals surface area contributed by atoms with Gasteiger partial charge in [0.15, 0.2) is 11.4 Å². The fourth-order valence-electron chi connectivity index (χ4n) is 2.47. The number of alkyl halides is 3. The highest BCUT2D eigenvalue weighted by atomic mass is 35.5. The van der Waals surface area contributed by atoms with Gasteiger partial charge in [0.2, 0.25) is 0 Å². The molecule has 0 aliphatic carbocycles. The van der Waals surface area contributed by atoms with E-state index in [1.165, 1.54) is 4.72 Å². The predicted molar refractivity (Wildman–Crippen MR) is 118 cm³/mol. The molecule has 3 aromatic rings. The maximum atomic E-state index is 13.8. The van der Waals surface area contributed by atoms with E-state index in [9.17, 15) is 26.4 Å². The van der Waals surface area contributed by atoms with Crippen molar-refractivity contribution in [2.24, 2.45) is 0 Å². The average Bonchev–Trinajstić information content (AvgIpc) is 3.12. The van der Waals surface area contributed by atoms with E-state index in [1.54, 1.807) is 0 Å². The fraction of sp³-hybridized carbons (Fsp3) is 0.0625. The van der Waals surface area contributed by atoms with Crippen molar-refractivity contribution in [1.82, 2.24) is 19.7 Å². The molecule has 0 saturated carbocycles. The van der Waals surface area contributed by atoms with Crippen LogP contribution in [0.25, 0.3) is 5.69 Å². The van der Waals surface area contributed by atoms with Crippen molar-refractivity contribution in [3.8, 4) is 5.69 Å². The molecule has 0 spiro atoms. The second kappa shape index (κ2) is 9.29. The quantitative estimate of drug-likeness (QED) is 0.353. The highest BCUT2D eigenvalue weighted by Gasteiger charge is 2.43. The molecule has 1 heterocycles. The van der Waals surface area contributed by atoms with Gasteiger partial charge >= 0.3 is 6.18 Å². The second-order valence-corrected chi connectivity index (χ2v) is 10.1. The molecule has 3 rings (SSSR count). The largest absolute Gasteiger partial charge is 0.435 e. The van der Waals surface area contributed by atoms with Gasteiger partial charge in [0.25, 0.3) is 15.9 Å². The summed E-state index contributed by atoms with van der Waals surface area (Å²) in [4.78, 5) is 11.8. The summed E-state index contributed by atoms with van der Waals surface area (Å²) in [6, 6.07) is 3.82. The Bertz CT molecular complexity index is 1400. The minimum absolute atomic E-state index is 0.0540. The van der Waals surface area contributed by atoms with Gasteiger partial charge in [-0.3, -0.25) is 4.79 Å². The van der Waals surface area contributed by atoms with Gasteiger partial charge < -0.3 is 0 Å². The zero-order valence-electron chi connectivity index (χ0n) is 15.2. The lowest BCUT2D eigenvalue weighted by molar-refractivity contribution is -0.143. The lowest BCUT2D eigenvalue weighted by atomic mass is 10.2. The summed E-state index contributed by atoms with van der Waals surface area (Å²) in [5.74, 6) is -1.76. The van der Waals surface area contributed by atoms with Crippen molar-refractivity contribution in [3.05, 3.63) is 65.8 Å². The first-order valence-electron chi connectivity index (χ1n) is 8.03. The first-order valence-corrected chi connectivity index (χ1v) is 11.8. The number of carbonyl (C=O) groups excluding carboxylic acids is 1. The van der Waals surface area contributed by atoms with Crippen LogP contribution in [0.2, 0.25) is 30.1 Å². The molecule has 0 aliphatic heterocycles. The molecule has 0 radical (unpaired) electrons. The number of rotatable bonds is 4. The summed E-state index contributed by atoms with van der Waals surface area (Å²) in [5.41, 5.74) is -3.51. The summed E-state index contributed by atoms with van der Waals surface area (Å²) >= 11 is 34.9. The van der Waals surface area contributed by atoms with Crippen LogP contribution in [0.5, 0.6) is 0 Å². The van der Waals surface area contributed by atoms with Gasteiger partial charge in [0.1, 0.15) is 4.90 Å². The molecule has 0 unspecified atom stereocenters. The lowest BCUT2D eigenvalue weighted by Gasteiger charge is -2.13. The normalized spacial score (nSPS) is 12.2. The zero-order valence-corrected chi connectivity index (χ0v) is 20.5. The third kappa shape index (κ3) is 5.29.